The standard InChI is InChI=1S/C13H19F2NS/c1-4-16-9(2)7-10(3)17-11-5-6-12(14)13(15)8-11/h5-6,8-10,16H,4,7H2,1-3H3. The highest BCUT2D eigenvalue weighted by Crippen LogP contribution is 2.27. The lowest BCUT2D eigenvalue weighted by molar-refractivity contribution is 0.505. The lowest BCUT2D eigenvalue weighted by Crippen LogP contribution is -2.28. The molecule has 96 valence electrons. The summed E-state index contributed by atoms with van der Waals surface area (Å²) in [7, 11) is 0. The summed E-state index contributed by atoms with van der Waals surface area (Å²) in [6.45, 7) is 7.25. The van der Waals surface area contributed by atoms with Crippen LogP contribution in [0, 0.1) is 11.6 Å². The summed E-state index contributed by atoms with van der Waals surface area (Å²) in [6, 6.07) is 4.50. The van der Waals surface area contributed by atoms with Gasteiger partial charge in [0.1, 0.15) is 0 Å². The van der Waals surface area contributed by atoms with Gasteiger partial charge in [0, 0.05) is 16.2 Å². The van der Waals surface area contributed by atoms with Crippen LogP contribution in [0.3, 0.4) is 0 Å². The highest BCUT2D eigenvalue weighted by Gasteiger charge is 2.10. The Hall–Kier alpha value is -0.610. The highest BCUT2D eigenvalue weighted by molar-refractivity contribution is 7.99. The molecule has 0 radical (unpaired) electrons. The Morgan fingerprint density at radius 3 is 2.53 bits per heavy atom. The summed E-state index contributed by atoms with van der Waals surface area (Å²) < 4.78 is 25.8. The van der Waals surface area contributed by atoms with Gasteiger partial charge in [-0.25, -0.2) is 8.78 Å². The van der Waals surface area contributed by atoms with Gasteiger partial charge in [0.2, 0.25) is 0 Å². The minimum atomic E-state index is -0.789. The minimum absolute atomic E-state index is 0.369. The van der Waals surface area contributed by atoms with Crippen molar-refractivity contribution in [1.82, 2.24) is 5.32 Å². The Morgan fingerprint density at radius 2 is 1.94 bits per heavy atom. The monoisotopic (exact) mass is 259 g/mol. The zero-order valence-electron chi connectivity index (χ0n) is 10.5. The van der Waals surface area contributed by atoms with Gasteiger partial charge in [0.05, 0.1) is 0 Å². The summed E-state index contributed by atoms with van der Waals surface area (Å²) in [5, 5.41) is 3.70. The van der Waals surface area contributed by atoms with E-state index in [0.717, 1.165) is 17.9 Å². The Balaban J connectivity index is 2.50. The lowest BCUT2D eigenvalue weighted by atomic mass is 10.2. The Morgan fingerprint density at radius 1 is 1.24 bits per heavy atom. The van der Waals surface area contributed by atoms with E-state index in [-0.39, 0.29) is 0 Å². The average Bonchev–Trinajstić information content (AvgIpc) is 2.23. The van der Waals surface area contributed by atoms with E-state index < -0.39 is 11.6 Å². The fourth-order valence-electron chi connectivity index (χ4n) is 1.76. The first-order chi connectivity index (χ1) is 8.02. The zero-order chi connectivity index (χ0) is 12.8. The van der Waals surface area contributed by atoms with Crippen molar-refractivity contribution in [3.63, 3.8) is 0 Å². The molecule has 0 spiro atoms. The van der Waals surface area contributed by atoms with Gasteiger partial charge in [0.25, 0.3) is 0 Å². The van der Waals surface area contributed by atoms with Crippen LogP contribution in [0.15, 0.2) is 23.1 Å². The van der Waals surface area contributed by atoms with Gasteiger partial charge in [-0.15, -0.1) is 11.8 Å². The van der Waals surface area contributed by atoms with Gasteiger partial charge >= 0.3 is 0 Å². The maximum absolute atomic E-state index is 13.0. The van der Waals surface area contributed by atoms with Crippen LogP contribution in [0.5, 0.6) is 0 Å². The van der Waals surface area contributed by atoms with E-state index in [1.54, 1.807) is 17.8 Å². The Bertz CT molecular complexity index is 357. The summed E-state index contributed by atoms with van der Waals surface area (Å²) in [5.41, 5.74) is 0. The van der Waals surface area contributed by atoms with Crippen molar-refractivity contribution in [2.75, 3.05) is 6.54 Å². The maximum atomic E-state index is 13.0. The first kappa shape index (κ1) is 14.5. The SMILES string of the molecule is CCNC(C)CC(C)Sc1ccc(F)c(F)c1. The van der Waals surface area contributed by atoms with E-state index in [1.165, 1.54) is 12.1 Å². The van der Waals surface area contributed by atoms with E-state index in [1.807, 2.05) is 0 Å². The molecule has 0 bridgehead atoms. The van der Waals surface area contributed by atoms with Crippen molar-refractivity contribution in [2.24, 2.45) is 0 Å². The van der Waals surface area contributed by atoms with Crippen molar-refractivity contribution < 1.29 is 8.78 Å². The predicted molar refractivity (Wildman–Crippen MR) is 69.4 cm³/mol. The van der Waals surface area contributed by atoms with E-state index in [4.69, 9.17) is 0 Å². The molecule has 0 aliphatic carbocycles. The van der Waals surface area contributed by atoms with Gasteiger partial charge in [-0.2, -0.15) is 0 Å². The number of thioether (sulfide) groups is 1. The summed E-state index contributed by atoms with van der Waals surface area (Å²) >= 11 is 1.57. The number of nitrogens with one attached hydrogen (secondary N) is 1. The van der Waals surface area contributed by atoms with Gasteiger partial charge in [-0.3, -0.25) is 0 Å². The van der Waals surface area contributed by atoms with Gasteiger partial charge in [-0.1, -0.05) is 13.8 Å². The fourth-order valence-corrected chi connectivity index (χ4v) is 2.93. The molecular formula is C13H19F2NS. The Labute approximate surface area is 106 Å². The van der Waals surface area contributed by atoms with Crippen molar-refractivity contribution >= 4 is 11.8 Å². The highest BCUT2D eigenvalue weighted by atomic mass is 32.2. The lowest BCUT2D eigenvalue weighted by Gasteiger charge is -2.17. The van der Waals surface area contributed by atoms with Crippen LogP contribution < -0.4 is 5.32 Å². The van der Waals surface area contributed by atoms with E-state index in [2.05, 4.69) is 26.1 Å². The predicted octanol–water partition coefficient (Wildman–Crippen LogP) is 3.83. The number of hydrogen-bond acceptors (Lipinski definition) is 2. The van der Waals surface area contributed by atoms with E-state index >= 15 is 0 Å². The molecule has 0 amide bonds. The first-order valence-corrected chi connectivity index (χ1v) is 6.76. The van der Waals surface area contributed by atoms with Crippen molar-refractivity contribution in [3.05, 3.63) is 29.8 Å². The third-order valence-electron chi connectivity index (χ3n) is 2.47. The van der Waals surface area contributed by atoms with Crippen molar-refractivity contribution in [3.8, 4) is 0 Å². The average molecular weight is 259 g/mol. The molecule has 0 aliphatic rings. The Kier molecular flexibility index (Phi) is 5.92. The van der Waals surface area contributed by atoms with Gasteiger partial charge in [0.15, 0.2) is 11.6 Å². The van der Waals surface area contributed by atoms with Crippen LogP contribution in [0.1, 0.15) is 27.2 Å². The van der Waals surface area contributed by atoms with Crippen LogP contribution >= 0.6 is 11.8 Å². The molecule has 2 atom stereocenters. The molecule has 17 heavy (non-hydrogen) atoms. The molecule has 1 rings (SSSR count). The molecule has 0 heterocycles. The smallest absolute Gasteiger partial charge is 0.159 e. The molecule has 0 saturated carbocycles. The molecule has 0 aromatic heterocycles. The largest absolute Gasteiger partial charge is 0.314 e. The van der Waals surface area contributed by atoms with Crippen molar-refractivity contribution in [1.29, 1.82) is 0 Å². The summed E-state index contributed by atoms with van der Waals surface area (Å²) in [6.07, 6.45) is 0.998. The molecule has 0 fully saturated rings. The molecule has 2 unspecified atom stereocenters. The van der Waals surface area contributed by atoms with Gasteiger partial charge < -0.3 is 5.32 Å². The topological polar surface area (TPSA) is 12.0 Å². The van der Waals surface area contributed by atoms with Crippen LogP contribution in [0.2, 0.25) is 0 Å². The molecule has 1 N–H and O–H groups in total. The number of halogens is 2. The van der Waals surface area contributed by atoms with E-state index in [0.29, 0.717) is 11.3 Å². The zero-order valence-corrected chi connectivity index (χ0v) is 11.3. The second kappa shape index (κ2) is 6.97. The second-order valence-corrected chi connectivity index (χ2v) is 5.71. The summed E-state index contributed by atoms with van der Waals surface area (Å²) in [5.74, 6) is -1.56. The second-order valence-electron chi connectivity index (χ2n) is 4.20. The quantitative estimate of drug-likeness (QED) is 0.779. The maximum Gasteiger partial charge on any atom is 0.159 e. The third-order valence-corrected chi connectivity index (χ3v) is 3.59. The van der Waals surface area contributed by atoms with Crippen molar-refractivity contribution in [2.45, 2.75) is 43.4 Å². The molecular weight excluding hydrogens is 240 g/mol. The number of hydrogen-bond donors (Lipinski definition) is 1. The van der Waals surface area contributed by atoms with Crippen LogP contribution in [0.4, 0.5) is 8.78 Å². The summed E-state index contributed by atoms with van der Waals surface area (Å²) in [4.78, 5) is 0.778. The van der Waals surface area contributed by atoms with Crippen LogP contribution in [0.25, 0.3) is 0 Å². The fraction of sp³-hybridized carbons (Fsp3) is 0.538. The number of benzene rings is 1. The minimum Gasteiger partial charge on any atom is -0.314 e. The first-order valence-electron chi connectivity index (χ1n) is 5.88. The third kappa shape index (κ3) is 5.04. The normalized spacial score (nSPS) is 14.6. The molecule has 0 saturated heterocycles. The van der Waals surface area contributed by atoms with Gasteiger partial charge in [-0.05, 0) is 38.1 Å². The van der Waals surface area contributed by atoms with Crippen LogP contribution in [-0.4, -0.2) is 17.8 Å². The molecule has 1 aromatic carbocycles. The van der Waals surface area contributed by atoms with Crippen LogP contribution in [-0.2, 0) is 0 Å². The molecule has 1 aromatic rings. The molecule has 0 aliphatic heterocycles. The molecule has 4 heteroatoms. The number of rotatable bonds is 6. The molecule has 1 nitrogen and oxygen atoms in total. The van der Waals surface area contributed by atoms with E-state index in [9.17, 15) is 8.78 Å².